The molecule has 0 fully saturated rings. The lowest BCUT2D eigenvalue weighted by atomic mass is 10.3. The van der Waals surface area contributed by atoms with Crippen molar-refractivity contribution in [3.8, 4) is 0 Å². The van der Waals surface area contributed by atoms with Crippen LogP contribution in [0.15, 0.2) is 11.2 Å². The van der Waals surface area contributed by atoms with Crippen LogP contribution in [0.5, 0.6) is 0 Å². The molecule has 5 N–H and O–H groups in total. The van der Waals surface area contributed by atoms with E-state index < -0.39 is 5.91 Å². The van der Waals surface area contributed by atoms with E-state index in [-0.39, 0.29) is 11.4 Å². The highest BCUT2D eigenvalue weighted by atomic mass is 16.1. The van der Waals surface area contributed by atoms with Crippen molar-refractivity contribution >= 4 is 18.1 Å². The Morgan fingerprint density at radius 3 is 3.09 bits per heavy atom. The van der Waals surface area contributed by atoms with E-state index >= 15 is 0 Å². The van der Waals surface area contributed by atoms with Gasteiger partial charge in [0.1, 0.15) is 5.56 Å². The van der Waals surface area contributed by atoms with Crippen LogP contribution >= 0.6 is 0 Å². The average Bonchev–Trinajstić information content (AvgIpc) is 2.36. The zero-order chi connectivity index (χ0) is 8.27. The van der Waals surface area contributed by atoms with Crippen LogP contribution in [-0.2, 0) is 0 Å². The molecule has 58 valence electrons. The highest BCUT2D eigenvalue weighted by Gasteiger charge is 2.07. The normalized spacial score (nSPS) is 10.5. The molecule has 0 aromatic carbocycles. The van der Waals surface area contributed by atoms with Crippen LogP contribution in [0.25, 0.3) is 0 Å². The van der Waals surface area contributed by atoms with E-state index in [0.717, 1.165) is 6.34 Å². The molecular formula is C5H7N5O. The largest absolute Gasteiger partial charge is 0.390 e. The Hall–Kier alpha value is -1.85. The van der Waals surface area contributed by atoms with Crippen LogP contribution in [0, 0.1) is 0 Å². The third-order valence-corrected chi connectivity index (χ3v) is 1.09. The molecule has 0 bridgehead atoms. The summed E-state index contributed by atoms with van der Waals surface area (Å²) in [4.78, 5) is 14.2. The lowest BCUT2D eigenvalue weighted by Gasteiger charge is -1.88. The van der Waals surface area contributed by atoms with Gasteiger partial charge in [-0.05, 0) is 0 Å². The maximum absolute atomic E-state index is 10.6. The monoisotopic (exact) mass is 153 g/mol. The fourth-order valence-electron chi connectivity index (χ4n) is 0.633. The van der Waals surface area contributed by atoms with E-state index in [1.54, 1.807) is 0 Å². The number of nitrogens with one attached hydrogen (secondary N) is 1. The SMILES string of the molecule is NC=Nc1[nH]ncc1C(N)=O. The standard InChI is InChI=1S/C5H7N5O/c6-2-8-5-3(4(7)11)1-9-10-5/h1-2H,(H2,7,11)(H3,6,8,9,10). The summed E-state index contributed by atoms with van der Waals surface area (Å²) in [7, 11) is 0. The summed E-state index contributed by atoms with van der Waals surface area (Å²) in [6, 6.07) is 0. The number of carbonyl (C=O) groups is 1. The van der Waals surface area contributed by atoms with Gasteiger partial charge in [-0.25, -0.2) is 4.99 Å². The Labute approximate surface area is 62.3 Å². The summed E-state index contributed by atoms with van der Waals surface area (Å²) in [5, 5.41) is 6.03. The number of nitrogens with two attached hydrogens (primary N) is 2. The fraction of sp³-hybridized carbons (Fsp3) is 0. The number of H-pyrrole nitrogens is 1. The van der Waals surface area contributed by atoms with E-state index in [9.17, 15) is 4.79 Å². The zero-order valence-corrected chi connectivity index (χ0v) is 5.61. The topological polar surface area (TPSA) is 110 Å². The lowest BCUT2D eigenvalue weighted by Crippen LogP contribution is -2.09. The number of aromatic nitrogens is 2. The lowest BCUT2D eigenvalue weighted by molar-refractivity contribution is 0.100. The first-order valence-corrected chi connectivity index (χ1v) is 2.83. The number of amides is 1. The Kier molecular flexibility index (Phi) is 1.86. The summed E-state index contributed by atoms with van der Waals surface area (Å²) in [5.74, 6) is -0.306. The first-order chi connectivity index (χ1) is 5.25. The Bertz CT molecular complexity index is 289. The molecule has 6 heteroatoms. The number of primary amides is 1. The zero-order valence-electron chi connectivity index (χ0n) is 5.61. The van der Waals surface area contributed by atoms with Gasteiger partial charge in [-0.3, -0.25) is 9.89 Å². The van der Waals surface area contributed by atoms with E-state index in [4.69, 9.17) is 11.5 Å². The van der Waals surface area contributed by atoms with Crippen molar-refractivity contribution in [1.82, 2.24) is 10.2 Å². The molecule has 1 amide bonds. The smallest absolute Gasteiger partial charge is 0.254 e. The Morgan fingerprint density at radius 2 is 2.55 bits per heavy atom. The number of rotatable bonds is 2. The van der Waals surface area contributed by atoms with E-state index in [1.165, 1.54) is 6.20 Å². The van der Waals surface area contributed by atoms with Crippen molar-refractivity contribution < 1.29 is 4.79 Å². The van der Waals surface area contributed by atoms with Gasteiger partial charge in [-0.2, -0.15) is 5.10 Å². The highest BCUT2D eigenvalue weighted by Crippen LogP contribution is 2.11. The van der Waals surface area contributed by atoms with E-state index in [2.05, 4.69) is 15.2 Å². The number of aliphatic imine (C=N–C) groups is 1. The van der Waals surface area contributed by atoms with Gasteiger partial charge in [0.25, 0.3) is 5.91 Å². The molecule has 0 aliphatic heterocycles. The molecule has 0 spiro atoms. The summed E-state index contributed by atoms with van der Waals surface area (Å²) < 4.78 is 0. The molecular weight excluding hydrogens is 146 g/mol. The molecule has 0 aliphatic rings. The molecule has 1 aromatic rings. The number of hydrogen-bond acceptors (Lipinski definition) is 3. The van der Waals surface area contributed by atoms with E-state index in [0.29, 0.717) is 0 Å². The first-order valence-electron chi connectivity index (χ1n) is 2.83. The Morgan fingerprint density at radius 1 is 1.82 bits per heavy atom. The van der Waals surface area contributed by atoms with Crippen LogP contribution in [0.3, 0.4) is 0 Å². The molecule has 0 unspecified atom stereocenters. The van der Waals surface area contributed by atoms with Crippen molar-refractivity contribution in [1.29, 1.82) is 0 Å². The van der Waals surface area contributed by atoms with Crippen LogP contribution in [0.2, 0.25) is 0 Å². The maximum atomic E-state index is 10.6. The van der Waals surface area contributed by atoms with Gasteiger partial charge < -0.3 is 11.5 Å². The second-order valence-corrected chi connectivity index (χ2v) is 1.77. The average molecular weight is 153 g/mol. The molecule has 11 heavy (non-hydrogen) atoms. The third kappa shape index (κ3) is 1.34. The summed E-state index contributed by atoms with van der Waals surface area (Å²) in [6.45, 7) is 0. The summed E-state index contributed by atoms with van der Waals surface area (Å²) in [6.07, 6.45) is 2.35. The fourth-order valence-corrected chi connectivity index (χ4v) is 0.633. The van der Waals surface area contributed by atoms with Gasteiger partial charge in [0.15, 0.2) is 5.82 Å². The highest BCUT2D eigenvalue weighted by molar-refractivity contribution is 5.97. The van der Waals surface area contributed by atoms with Gasteiger partial charge in [0, 0.05) is 0 Å². The van der Waals surface area contributed by atoms with Gasteiger partial charge in [-0.15, -0.1) is 0 Å². The second kappa shape index (κ2) is 2.82. The van der Waals surface area contributed by atoms with Crippen molar-refractivity contribution in [3.63, 3.8) is 0 Å². The van der Waals surface area contributed by atoms with Crippen LogP contribution < -0.4 is 11.5 Å². The molecule has 0 radical (unpaired) electrons. The minimum Gasteiger partial charge on any atom is -0.390 e. The molecule has 0 saturated carbocycles. The van der Waals surface area contributed by atoms with Gasteiger partial charge in [-0.1, -0.05) is 0 Å². The second-order valence-electron chi connectivity index (χ2n) is 1.77. The molecule has 0 aliphatic carbocycles. The number of aromatic amines is 1. The molecule has 1 heterocycles. The predicted molar refractivity (Wildman–Crippen MR) is 39.4 cm³/mol. The van der Waals surface area contributed by atoms with Gasteiger partial charge in [0.05, 0.1) is 12.5 Å². The maximum Gasteiger partial charge on any atom is 0.254 e. The molecule has 6 nitrogen and oxygen atoms in total. The third-order valence-electron chi connectivity index (χ3n) is 1.09. The van der Waals surface area contributed by atoms with Crippen LogP contribution in [0.4, 0.5) is 5.82 Å². The van der Waals surface area contributed by atoms with Crippen molar-refractivity contribution in [3.05, 3.63) is 11.8 Å². The van der Waals surface area contributed by atoms with Crippen molar-refractivity contribution in [2.24, 2.45) is 16.5 Å². The number of hydrogen-bond donors (Lipinski definition) is 3. The molecule has 0 atom stereocenters. The molecule has 1 aromatic heterocycles. The van der Waals surface area contributed by atoms with Gasteiger partial charge >= 0.3 is 0 Å². The van der Waals surface area contributed by atoms with Gasteiger partial charge in [0.2, 0.25) is 0 Å². The number of carbonyl (C=O) groups excluding carboxylic acids is 1. The van der Waals surface area contributed by atoms with Crippen molar-refractivity contribution in [2.45, 2.75) is 0 Å². The molecule has 1 rings (SSSR count). The predicted octanol–water partition coefficient (Wildman–Crippen LogP) is -0.873. The first kappa shape index (κ1) is 7.26. The summed E-state index contributed by atoms with van der Waals surface area (Å²) >= 11 is 0. The van der Waals surface area contributed by atoms with Crippen LogP contribution in [-0.4, -0.2) is 22.4 Å². The van der Waals surface area contributed by atoms with E-state index in [1.807, 2.05) is 0 Å². The van der Waals surface area contributed by atoms with Crippen LogP contribution in [0.1, 0.15) is 10.4 Å². The minimum atomic E-state index is -0.584. The van der Waals surface area contributed by atoms with Crippen molar-refractivity contribution in [2.75, 3.05) is 0 Å². The Balaban J connectivity index is 3.05. The summed E-state index contributed by atoms with van der Waals surface area (Å²) in [5.41, 5.74) is 10.2. The molecule has 0 saturated heterocycles. The quantitative estimate of drug-likeness (QED) is 0.379. The minimum absolute atomic E-state index is 0.228. The number of nitrogens with zero attached hydrogens (tertiary/aromatic N) is 2.